The summed E-state index contributed by atoms with van der Waals surface area (Å²) in [7, 11) is 0. The second kappa shape index (κ2) is 9.61. The molecular weight excluding hydrogens is 366 g/mol. The molecule has 2 saturated heterocycles. The Morgan fingerprint density at radius 1 is 1.07 bits per heavy atom. The zero-order chi connectivity index (χ0) is 20.9. The average Bonchev–Trinajstić information content (AvgIpc) is 2.67. The van der Waals surface area contributed by atoms with Crippen LogP contribution in [0.4, 0.5) is 4.79 Å². The largest absolute Gasteiger partial charge is 0.444 e. The second-order valence-corrected chi connectivity index (χ2v) is 9.31. The van der Waals surface area contributed by atoms with Crippen molar-refractivity contribution in [2.24, 2.45) is 5.92 Å². The molecule has 1 atom stereocenters. The van der Waals surface area contributed by atoms with Crippen molar-refractivity contribution in [3.8, 4) is 0 Å². The van der Waals surface area contributed by atoms with Crippen molar-refractivity contribution in [2.45, 2.75) is 64.6 Å². The van der Waals surface area contributed by atoms with Gasteiger partial charge in [-0.25, -0.2) is 4.79 Å². The van der Waals surface area contributed by atoms with Crippen LogP contribution >= 0.6 is 0 Å². The summed E-state index contributed by atoms with van der Waals surface area (Å²) in [5.74, 6) is 0.362. The number of rotatable bonds is 4. The topological polar surface area (TPSA) is 61.9 Å². The average molecular weight is 402 g/mol. The van der Waals surface area contributed by atoms with Crippen molar-refractivity contribution >= 4 is 12.0 Å². The molecule has 160 valence electrons. The number of carbonyl (C=O) groups is 2. The number of hydrogen-bond donors (Lipinski definition) is 1. The van der Waals surface area contributed by atoms with Crippen molar-refractivity contribution in [3.05, 3.63) is 35.9 Å². The van der Waals surface area contributed by atoms with Gasteiger partial charge >= 0.3 is 6.09 Å². The molecule has 0 saturated carbocycles. The molecule has 0 radical (unpaired) electrons. The molecule has 2 fully saturated rings. The quantitative estimate of drug-likeness (QED) is 0.840. The lowest BCUT2D eigenvalue weighted by molar-refractivity contribution is -0.138. The van der Waals surface area contributed by atoms with E-state index in [4.69, 9.17) is 4.74 Å². The minimum absolute atomic E-state index is 0.0786. The minimum Gasteiger partial charge on any atom is -0.444 e. The zero-order valence-corrected chi connectivity index (χ0v) is 18.0. The Morgan fingerprint density at radius 2 is 1.76 bits per heavy atom. The fourth-order valence-electron chi connectivity index (χ4n) is 4.22. The van der Waals surface area contributed by atoms with Gasteiger partial charge in [0.25, 0.3) is 0 Å². The van der Waals surface area contributed by atoms with Crippen LogP contribution in [0.1, 0.15) is 52.0 Å². The normalized spacial score (nSPS) is 21.6. The van der Waals surface area contributed by atoms with Gasteiger partial charge in [0.1, 0.15) is 5.60 Å². The SMILES string of the molecule is CC(C)(C)OC(=O)NC1CCN(C(=O)C2CCCN(Cc3ccccc3)C2)CC1. The predicted molar refractivity (Wildman–Crippen MR) is 113 cm³/mol. The minimum atomic E-state index is -0.493. The number of ether oxygens (including phenoxy) is 1. The summed E-state index contributed by atoms with van der Waals surface area (Å²) >= 11 is 0. The number of piperidine rings is 2. The van der Waals surface area contributed by atoms with E-state index >= 15 is 0 Å². The van der Waals surface area contributed by atoms with Gasteiger partial charge in [0.2, 0.25) is 5.91 Å². The molecule has 1 unspecified atom stereocenters. The van der Waals surface area contributed by atoms with Crippen LogP contribution in [0.15, 0.2) is 30.3 Å². The lowest BCUT2D eigenvalue weighted by atomic mass is 9.94. The van der Waals surface area contributed by atoms with Crippen LogP contribution in [0.2, 0.25) is 0 Å². The van der Waals surface area contributed by atoms with Crippen LogP contribution in [0.3, 0.4) is 0 Å². The summed E-state index contributed by atoms with van der Waals surface area (Å²) in [5.41, 5.74) is 0.808. The highest BCUT2D eigenvalue weighted by Crippen LogP contribution is 2.23. The lowest BCUT2D eigenvalue weighted by Gasteiger charge is -2.38. The maximum atomic E-state index is 13.1. The highest BCUT2D eigenvalue weighted by atomic mass is 16.6. The Labute approximate surface area is 174 Å². The van der Waals surface area contributed by atoms with Crippen molar-refractivity contribution in [1.82, 2.24) is 15.1 Å². The number of hydrogen-bond acceptors (Lipinski definition) is 4. The maximum absolute atomic E-state index is 13.1. The van der Waals surface area contributed by atoms with Crippen LogP contribution in [0.25, 0.3) is 0 Å². The van der Waals surface area contributed by atoms with Gasteiger partial charge in [0.05, 0.1) is 5.92 Å². The van der Waals surface area contributed by atoms with E-state index in [0.717, 1.165) is 45.3 Å². The van der Waals surface area contributed by atoms with Crippen molar-refractivity contribution < 1.29 is 14.3 Å². The number of alkyl carbamates (subject to hydrolysis) is 1. The third-order valence-corrected chi connectivity index (χ3v) is 5.63. The van der Waals surface area contributed by atoms with Gasteiger partial charge in [-0.1, -0.05) is 30.3 Å². The summed E-state index contributed by atoms with van der Waals surface area (Å²) in [5, 5.41) is 2.94. The third-order valence-electron chi connectivity index (χ3n) is 5.63. The molecule has 29 heavy (non-hydrogen) atoms. The second-order valence-electron chi connectivity index (χ2n) is 9.31. The first-order chi connectivity index (χ1) is 13.8. The van der Waals surface area contributed by atoms with Crippen molar-refractivity contribution in [3.63, 3.8) is 0 Å². The van der Waals surface area contributed by atoms with Gasteiger partial charge in [-0.3, -0.25) is 9.69 Å². The lowest BCUT2D eigenvalue weighted by Crippen LogP contribution is -2.50. The highest BCUT2D eigenvalue weighted by Gasteiger charge is 2.32. The summed E-state index contributed by atoms with van der Waals surface area (Å²) in [6, 6.07) is 10.5. The zero-order valence-electron chi connectivity index (χ0n) is 18.0. The van der Waals surface area contributed by atoms with Crippen LogP contribution in [0.5, 0.6) is 0 Å². The summed E-state index contributed by atoms with van der Waals surface area (Å²) in [6.07, 6.45) is 3.24. The molecule has 0 spiro atoms. The van der Waals surface area contributed by atoms with Crippen LogP contribution in [-0.4, -0.2) is 59.6 Å². The van der Waals surface area contributed by atoms with Gasteiger partial charge in [0.15, 0.2) is 0 Å². The monoisotopic (exact) mass is 401 g/mol. The number of carbonyl (C=O) groups excluding carboxylic acids is 2. The molecule has 2 heterocycles. The van der Waals surface area contributed by atoms with Gasteiger partial charge in [-0.2, -0.15) is 0 Å². The fraction of sp³-hybridized carbons (Fsp3) is 0.652. The number of nitrogens with zero attached hydrogens (tertiary/aromatic N) is 2. The predicted octanol–water partition coefficient (Wildman–Crippen LogP) is 3.41. The van der Waals surface area contributed by atoms with E-state index < -0.39 is 5.60 Å². The Balaban J connectivity index is 1.44. The van der Waals surface area contributed by atoms with E-state index in [1.54, 1.807) is 0 Å². The molecule has 1 N–H and O–H groups in total. The molecule has 2 amide bonds. The molecule has 2 aliphatic rings. The third kappa shape index (κ3) is 6.74. The molecule has 1 aromatic rings. The molecule has 1 aromatic carbocycles. The first kappa shape index (κ1) is 21.6. The standard InChI is InChI=1S/C23H35N3O3/c1-23(2,3)29-22(28)24-20-11-14-26(15-12-20)21(27)19-10-7-13-25(17-19)16-18-8-5-4-6-9-18/h4-6,8-9,19-20H,7,10-17H2,1-3H3,(H,24,28). The number of benzene rings is 1. The summed E-state index contributed by atoms with van der Waals surface area (Å²) in [4.78, 5) is 29.4. The molecule has 0 aromatic heterocycles. The van der Waals surface area contributed by atoms with E-state index in [1.165, 1.54) is 5.56 Å². The number of likely N-dealkylation sites (tertiary alicyclic amines) is 2. The van der Waals surface area contributed by atoms with E-state index in [-0.39, 0.29) is 24.0 Å². The summed E-state index contributed by atoms with van der Waals surface area (Å²) in [6.45, 7) is 9.79. The molecule has 0 aliphatic carbocycles. The van der Waals surface area contributed by atoms with Crippen LogP contribution in [-0.2, 0) is 16.1 Å². The Morgan fingerprint density at radius 3 is 2.41 bits per heavy atom. The van der Waals surface area contributed by atoms with E-state index in [1.807, 2.05) is 31.7 Å². The first-order valence-electron chi connectivity index (χ1n) is 10.8. The molecule has 6 nitrogen and oxygen atoms in total. The molecule has 0 bridgehead atoms. The Hall–Kier alpha value is -2.08. The molecule has 3 rings (SSSR count). The van der Waals surface area contributed by atoms with Gasteiger partial charge in [-0.05, 0) is 58.6 Å². The van der Waals surface area contributed by atoms with Crippen molar-refractivity contribution in [1.29, 1.82) is 0 Å². The van der Waals surface area contributed by atoms with E-state index in [9.17, 15) is 9.59 Å². The molecule has 2 aliphatic heterocycles. The first-order valence-corrected chi connectivity index (χ1v) is 10.8. The van der Waals surface area contributed by atoms with Crippen LogP contribution < -0.4 is 5.32 Å². The van der Waals surface area contributed by atoms with Gasteiger partial charge in [-0.15, -0.1) is 0 Å². The molecule has 6 heteroatoms. The number of nitrogens with one attached hydrogen (secondary N) is 1. The summed E-state index contributed by atoms with van der Waals surface area (Å²) < 4.78 is 5.33. The van der Waals surface area contributed by atoms with E-state index in [2.05, 4.69) is 34.5 Å². The van der Waals surface area contributed by atoms with Gasteiger partial charge < -0.3 is 15.0 Å². The molecular formula is C23H35N3O3. The van der Waals surface area contributed by atoms with Gasteiger partial charge in [0, 0.05) is 32.2 Å². The highest BCUT2D eigenvalue weighted by molar-refractivity contribution is 5.79. The van der Waals surface area contributed by atoms with Crippen molar-refractivity contribution in [2.75, 3.05) is 26.2 Å². The Bertz CT molecular complexity index is 678. The maximum Gasteiger partial charge on any atom is 0.407 e. The van der Waals surface area contributed by atoms with Crippen LogP contribution in [0, 0.1) is 5.92 Å². The number of amides is 2. The Kier molecular flexibility index (Phi) is 7.17. The fourth-order valence-corrected chi connectivity index (χ4v) is 4.22. The smallest absolute Gasteiger partial charge is 0.407 e. The van der Waals surface area contributed by atoms with E-state index in [0.29, 0.717) is 13.1 Å².